The number of likely N-dealkylation sites (tertiary alicyclic amines) is 2. The minimum atomic E-state index is -1.12. The summed E-state index contributed by atoms with van der Waals surface area (Å²) in [5, 5.41) is 12.4. The van der Waals surface area contributed by atoms with Crippen molar-refractivity contribution in [3.8, 4) is 34.4 Å². The van der Waals surface area contributed by atoms with Crippen LogP contribution < -0.4 is 5.32 Å². The molecule has 14 nitrogen and oxygen atoms in total. The van der Waals surface area contributed by atoms with Crippen LogP contribution in [-0.4, -0.2) is 102 Å². The smallest absolute Gasteiger partial charge is 0.407 e. The highest BCUT2D eigenvalue weighted by molar-refractivity contribution is 5.88. The average molecular weight is 787 g/mol. The van der Waals surface area contributed by atoms with Gasteiger partial charge < -0.3 is 34.9 Å². The second kappa shape index (κ2) is 15.3. The Morgan fingerprint density at radius 1 is 0.759 bits per heavy atom. The first-order valence-corrected chi connectivity index (χ1v) is 20.1. The number of fused-ring (bicyclic) bond motifs is 2. The van der Waals surface area contributed by atoms with Crippen molar-refractivity contribution in [2.24, 2.45) is 23.7 Å². The Hall–Kier alpha value is -6.10. The Labute approximate surface area is 337 Å². The van der Waals surface area contributed by atoms with Gasteiger partial charge in [0.15, 0.2) is 0 Å². The molecule has 0 spiro atoms. The van der Waals surface area contributed by atoms with Crippen LogP contribution in [0.1, 0.15) is 88.2 Å². The number of piperidine rings is 2. The molecule has 2 aliphatic carbocycles. The van der Waals surface area contributed by atoms with Crippen molar-refractivity contribution in [1.29, 1.82) is 0 Å². The number of H-pyrrole nitrogens is 2. The van der Waals surface area contributed by atoms with E-state index in [2.05, 4.69) is 32.1 Å². The number of carbonyl (C=O) groups excluding carboxylic acids is 3. The van der Waals surface area contributed by atoms with Gasteiger partial charge in [0, 0.05) is 30.3 Å². The fraction of sp³-hybridized carbons (Fsp3) is 0.455. The molecule has 4 heterocycles. The Morgan fingerprint density at radius 2 is 1.22 bits per heavy atom. The predicted octanol–water partition coefficient (Wildman–Crippen LogP) is 6.21. The number of nitrogens with one attached hydrogen (secondary N) is 3. The van der Waals surface area contributed by atoms with E-state index < -0.39 is 24.3 Å². The molecule has 2 saturated heterocycles. The van der Waals surface area contributed by atoms with Crippen molar-refractivity contribution in [1.82, 2.24) is 40.0 Å². The van der Waals surface area contributed by atoms with E-state index in [0.717, 1.165) is 70.0 Å². The number of carbonyl (C=O) groups is 4. The summed E-state index contributed by atoms with van der Waals surface area (Å²) in [4.78, 5) is 72.5. The molecule has 8 atom stereocenters. The van der Waals surface area contributed by atoms with Gasteiger partial charge in [-0.3, -0.25) is 14.5 Å². The highest BCUT2D eigenvalue weighted by atomic mass is 16.5. The van der Waals surface area contributed by atoms with Crippen LogP contribution in [0.2, 0.25) is 0 Å². The molecule has 302 valence electrons. The van der Waals surface area contributed by atoms with E-state index in [1.165, 1.54) is 14.2 Å². The van der Waals surface area contributed by atoms with Gasteiger partial charge in [0.1, 0.15) is 23.7 Å². The van der Waals surface area contributed by atoms with Crippen LogP contribution in [0.4, 0.5) is 9.59 Å². The van der Waals surface area contributed by atoms with E-state index in [9.17, 15) is 24.3 Å². The number of hydrogen-bond donors (Lipinski definition) is 4. The lowest BCUT2D eigenvalue weighted by molar-refractivity contribution is -0.140. The van der Waals surface area contributed by atoms with Gasteiger partial charge >= 0.3 is 12.2 Å². The SMILES string of the molecule is COC(=O)N[C@H](C(=O)N1[C@H](c2ncc(-c3ccc(C#Cc4ccc(-c5cnc([C@@H]6C[C@@H]7C[C@@H]7N6C(=O)[C@H](C(C)C)N(C)C(=O)O)[nH]5)cc4)cc3)[nH]2)C[C@@H]2C[C@@H]21)C(C)C. The van der Waals surface area contributed by atoms with Gasteiger partial charge in [-0.1, -0.05) is 63.8 Å². The predicted molar refractivity (Wildman–Crippen MR) is 215 cm³/mol. The zero-order valence-corrected chi connectivity index (χ0v) is 33.6. The second-order valence-corrected chi connectivity index (χ2v) is 16.8. The van der Waals surface area contributed by atoms with Crippen molar-refractivity contribution in [2.75, 3.05) is 14.2 Å². The number of likely N-dealkylation sites (N-methyl/N-ethyl adjacent to an activating group) is 1. The molecule has 4 N–H and O–H groups in total. The van der Waals surface area contributed by atoms with E-state index in [4.69, 9.17) is 9.72 Å². The van der Waals surface area contributed by atoms with Crippen molar-refractivity contribution >= 4 is 24.0 Å². The lowest BCUT2D eigenvalue weighted by Crippen LogP contribution is -2.52. The summed E-state index contributed by atoms with van der Waals surface area (Å²) >= 11 is 0. The van der Waals surface area contributed by atoms with Gasteiger partial charge in [-0.25, -0.2) is 19.6 Å². The molecule has 0 unspecified atom stereocenters. The largest absolute Gasteiger partial charge is 0.465 e. The Bertz CT molecular complexity index is 2270. The molecule has 0 radical (unpaired) electrons. The lowest BCUT2D eigenvalue weighted by atomic mass is 10.0. The highest BCUT2D eigenvalue weighted by Gasteiger charge is 2.57. The minimum absolute atomic E-state index is 0.102. The quantitative estimate of drug-likeness (QED) is 0.137. The van der Waals surface area contributed by atoms with Gasteiger partial charge in [-0.2, -0.15) is 0 Å². The van der Waals surface area contributed by atoms with Crippen LogP contribution in [0, 0.1) is 35.5 Å². The summed E-state index contributed by atoms with van der Waals surface area (Å²) in [5.74, 6) is 8.28. The Kier molecular flexibility index (Phi) is 10.3. The maximum absolute atomic E-state index is 13.8. The fourth-order valence-electron chi connectivity index (χ4n) is 8.98. The molecule has 4 amide bonds. The first-order chi connectivity index (χ1) is 27.8. The van der Waals surface area contributed by atoms with E-state index in [0.29, 0.717) is 17.7 Å². The van der Waals surface area contributed by atoms with E-state index in [1.54, 1.807) is 12.4 Å². The number of hydrogen-bond acceptors (Lipinski definition) is 7. The summed E-state index contributed by atoms with van der Waals surface area (Å²) in [5.41, 5.74) is 5.30. The van der Waals surface area contributed by atoms with Crippen LogP contribution in [-0.2, 0) is 14.3 Å². The number of ether oxygens (including phenoxy) is 1. The lowest BCUT2D eigenvalue weighted by Gasteiger charge is -2.35. The second-order valence-electron chi connectivity index (χ2n) is 16.8. The molecule has 2 aromatic heterocycles. The number of imidazole rings is 2. The summed E-state index contributed by atoms with van der Waals surface area (Å²) in [7, 11) is 2.76. The van der Waals surface area contributed by atoms with Gasteiger partial charge in [0.05, 0.1) is 43.0 Å². The maximum atomic E-state index is 13.8. The molecule has 2 saturated carbocycles. The third-order valence-electron chi connectivity index (χ3n) is 12.3. The van der Waals surface area contributed by atoms with Crippen LogP contribution >= 0.6 is 0 Å². The van der Waals surface area contributed by atoms with E-state index in [-0.39, 0.29) is 47.8 Å². The molecule has 4 aliphatic rings. The summed E-state index contributed by atoms with van der Waals surface area (Å²) < 4.78 is 4.78. The number of aromatic amines is 2. The van der Waals surface area contributed by atoms with Crippen molar-refractivity contribution in [3.05, 3.63) is 83.7 Å². The first kappa shape index (κ1) is 38.8. The Morgan fingerprint density at radius 3 is 1.64 bits per heavy atom. The molecule has 4 fully saturated rings. The number of methoxy groups -OCH3 is 1. The molecule has 2 aromatic carbocycles. The van der Waals surface area contributed by atoms with Crippen molar-refractivity contribution in [3.63, 3.8) is 0 Å². The summed E-state index contributed by atoms with van der Waals surface area (Å²) in [6, 6.07) is 14.3. The number of aromatic nitrogens is 4. The number of rotatable bonds is 10. The van der Waals surface area contributed by atoms with Gasteiger partial charge in [-0.15, -0.1) is 0 Å². The van der Waals surface area contributed by atoms with Gasteiger partial charge in [0.2, 0.25) is 11.8 Å². The summed E-state index contributed by atoms with van der Waals surface area (Å²) in [6.45, 7) is 7.58. The molecule has 4 aromatic rings. The van der Waals surface area contributed by atoms with Crippen LogP contribution in [0.15, 0.2) is 60.9 Å². The minimum Gasteiger partial charge on any atom is -0.465 e. The average Bonchev–Trinajstić information content (AvgIpc) is 3.79. The molecular weight excluding hydrogens is 737 g/mol. The number of carboxylic acid groups (broad SMARTS) is 1. The van der Waals surface area contributed by atoms with Crippen molar-refractivity contribution < 1.29 is 29.0 Å². The van der Waals surface area contributed by atoms with Crippen LogP contribution in [0.25, 0.3) is 22.5 Å². The molecule has 8 rings (SSSR count). The van der Waals surface area contributed by atoms with Gasteiger partial charge in [-0.05, 0) is 84.7 Å². The highest BCUT2D eigenvalue weighted by Crippen LogP contribution is 2.54. The molecule has 14 heteroatoms. The first-order valence-electron chi connectivity index (χ1n) is 20.1. The van der Waals surface area contributed by atoms with E-state index >= 15 is 0 Å². The third-order valence-corrected chi connectivity index (χ3v) is 12.3. The number of nitrogens with zero attached hydrogens (tertiary/aromatic N) is 5. The molecule has 2 aliphatic heterocycles. The monoisotopic (exact) mass is 786 g/mol. The van der Waals surface area contributed by atoms with Crippen LogP contribution in [0.5, 0.6) is 0 Å². The molecule has 0 bridgehead atoms. The fourth-order valence-corrected chi connectivity index (χ4v) is 8.98. The summed E-state index contributed by atoms with van der Waals surface area (Å²) in [6.07, 6.45) is 5.41. The van der Waals surface area contributed by atoms with Gasteiger partial charge in [0.25, 0.3) is 0 Å². The third kappa shape index (κ3) is 7.41. The molecular formula is C44H50N8O6. The number of benzene rings is 2. The standard InChI is InChI=1S/C44H50N8O6/c1-23(2)37(49-43(55)58-6)41(53)51-33-17-29(33)19-35(51)39-45-21-31(47-39)27-13-9-25(10-14-27)7-8-26-11-15-28(16-12-26)32-22-46-40(48-32)36-20-30-18-34(30)52(36)42(54)38(24(3)4)50(5)44(56)57/h9-16,21-24,29-30,33-38H,17-20H2,1-6H3,(H,45,47)(H,46,48)(H,49,55)(H,56,57)/t29-,30-,33-,34-,35-,36-,37-,38-/m0/s1. The zero-order valence-electron chi connectivity index (χ0n) is 33.6. The van der Waals surface area contributed by atoms with E-state index in [1.807, 2.05) is 86.0 Å². The maximum Gasteiger partial charge on any atom is 0.407 e. The number of amides is 4. The molecule has 58 heavy (non-hydrogen) atoms. The number of alkyl carbamates (subject to hydrolysis) is 1. The zero-order chi connectivity index (χ0) is 41.0. The topological polar surface area (TPSA) is 177 Å². The van der Waals surface area contributed by atoms with Crippen molar-refractivity contribution in [2.45, 2.75) is 89.6 Å². The Balaban J connectivity index is 0.908. The van der Waals surface area contributed by atoms with Crippen LogP contribution in [0.3, 0.4) is 0 Å². The normalized spacial score (nSPS) is 23.7.